The first-order chi connectivity index (χ1) is 13.9. The number of likely N-dealkylation sites (tertiary alicyclic amines) is 1. The van der Waals surface area contributed by atoms with Crippen LogP contribution in [0.4, 0.5) is 5.69 Å². The van der Waals surface area contributed by atoms with Crippen LogP contribution in [0.1, 0.15) is 44.2 Å². The van der Waals surface area contributed by atoms with Crippen LogP contribution in [0.25, 0.3) is 10.9 Å². The van der Waals surface area contributed by atoms with Crippen molar-refractivity contribution in [2.75, 3.05) is 18.9 Å². The molecule has 5 nitrogen and oxygen atoms in total. The number of benzene rings is 1. The number of anilines is 1. The van der Waals surface area contributed by atoms with Gasteiger partial charge in [-0.15, -0.1) is 0 Å². The third-order valence-electron chi connectivity index (χ3n) is 6.24. The molecule has 1 unspecified atom stereocenters. The number of H-pyrrole nitrogens is 1. The Bertz CT molecular complexity index is 1020. The third-order valence-corrected chi connectivity index (χ3v) is 6.24. The zero-order chi connectivity index (χ0) is 20.2. The first-order valence-corrected chi connectivity index (χ1v) is 10.6. The first kappa shape index (κ1) is 18.5. The molecule has 29 heavy (non-hydrogen) atoms. The molecule has 0 saturated carbocycles. The van der Waals surface area contributed by atoms with E-state index in [0.717, 1.165) is 25.1 Å². The van der Waals surface area contributed by atoms with E-state index < -0.39 is 0 Å². The van der Waals surface area contributed by atoms with Crippen LogP contribution in [0.15, 0.2) is 42.7 Å². The van der Waals surface area contributed by atoms with Gasteiger partial charge in [0.1, 0.15) is 5.60 Å². The van der Waals surface area contributed by atoms with Crippen LogP contribution >= 0.6 is 0 Å². The van der Waals surface area contributed by atoms with E-state index in [9.17, 15) is 0 Å². The van der Waals surface area contributed by atoms with Crippen molar-refractivity contribution < 1.29 is 4.74 Å². The topological polar surface area (TPSA) is 53.2 Å². The highest BCUT2D eigenvalue weighted by Gasteiger charge is 2.39. The summed E-state index contributed by atoms with van der Waals surface area (Å²) in [6.45, 7) is 7.15. The number of aromatic nitrogens is 2. The maximum atomic E-state index is 5.84. The number of pyridine rings is 1. The summed E-state index contributed by atoms with van der Waals surface area (Å²) >= 11 is 0. The molecule has 3 aromatic rings. The molecule has 2 N–H and O–H groups in total. The lowest BCUT2D eigenvalue weighted by molar-refractivity contribution is 0.124. The fourth-order valence-electron chi connectivity index (χ4n) is 5.12. The van der Waals surface area contributed by atoms with E-state index in [4.69, 9.17) is 4.74 Å². The van der Waals surface area contributed by atoms with Crippen LogP contribution in [0.3, 0.4) is 0 Å². The van der Waals surface area contributed by atoms with Crippen molar-refractivity contribution >= 4 is 16.6 Å². The van der Waals surface area contributed by atoms with Gasteiger partial charge in [0.15, 0.2) is 0 Å². The van der Waals surface area contributed by atoms with E-state index in [1.165, 1.54) is 22.0 Å². The minimum atomic E-state index is -0.234. The van der Waals surface area contributed by atoms with E-state index in [1.54, 1.807) is 0 Å². The largest absolute Gasteiger partial charge is 0.472 e. The molecule has 3 atom stereocenters. The summed E-state index contributed by atoms with van der Waals surface area (Å²) in [5.74, 6) is 1.22. The number of piperidine rings is 1. The van der Waals surface area contributed by atoms with Crippen LogP contribution < -0.4 is 10.1 Å². The summed E-state index contributed by atoms with van der Waals surface area (Å²) in [7, 11) is 2.27. The molecule has 5 heteroatoms. The number of hydrogen-bond acceptors (Lipinski definition) is 4. The normalized spacial score (nSPS) is 24.3. The van der Waals surface area contributed by atoms with Crippen LogP contribution in [0.2, 0.25) is 0 Å². The number of hydrogen-bond donors (Lipinski definition) is 2. The quantitative estimate of drug-likeness (QED) is 0.688. The highest BCUT2D eigenvalue weighted by atomic mass is 16.5. The molecular weight excluding hydrogens is 360 g/mol. The van der Waals surface area contributed by atoms with Crippen molar-refractivity contribution in [3.63, 3.8) is 0 Å². The van der Waals surface area contributed by atoms with E-state index in [-0.39, 0.29) is 5.60 Å². The maximum Gasteiger partial charge on any atom is 0.213 e. The van der Waals surface area contributed by atoms with Gasteiger partial charge in [-0.2, -0.15) is 0 Å². The van der Waals surface area contributed by atoms with Gasteiger partial charge in [-0.25, -0.2) is 4.98 Å². The van der Waals surface area contributed by atoms with E-state index in [2.05, 4.69) is 57.7 Å². The second kappa shape index (κ2) is 6.77. The standard InChI is InChI=1S/C24H30N4O/c1-24(2,3)29-22-9-8-16(13-26-22)27-17-11-19-18-6-5-7-20-23(18)15(12-25-20)10-21(19)28(4)14-17/h5-9,12-13,17,19,21,25,27H,10-11,14H2,1-4H3/t17-,19?,21-/m1/s1. The molecule has 152 valence electrons. The van der Waals surface area contributed by atoms with E-state index in [0.29, 0.717) is 23.9 Å². The number of nitrogens with zero attached hydrogens (tertiary/aromatic N) is 2. The second-order valence-electron chi connectivity index (χ2n) is 9.58. The molecule has 1 aromatic carbocycles. The summed E-state index contributed by atoms with van der Waals surface area (Å²) in [5, 5.41) is 5.17. The number of likely N-dealkylation sites (N-methyl/N-ethyl adjacent to an activating group) is 1. The molecule has 0 radical (unpaired) electrons. The van der Waals surface area contributed by atoms with Crippen molar-refractivity contribution in [3.05, 3.63) is 53.9 Å². The predicted octanol–water partition coefficient (Wildman–Crippen LogP) is 4.56. The summed E-state index contributed by atoms with van der Waals surface area (Å²) in [4.78, 5) is 10.5. The molecule has 1 saturated heterocycles. The Morgan fingerprint density at radius 1 is 1.21 bits per heavy atom. The monoisotopic (exact) mass is 390 g/mol. The zero-order valence-corrected chi connectivity index (χ0v) is 17.7. The van der Waals surface area contributed by atoms with E-state index >= 15 is 0 Å². The van der Waals surface area contributed by atoms with Gasteiger partial charge in [-0.1, -0.05) is 12.1 Å². The van der Waals surface area contributed by atoms with Crippen molar-refractivity contribution in [3.8, 4) is 5.88 Å². The number of ether oxygens (including phenoxy) is 1. The Labute approximate surface area is 172 Å². The molecule has 0 spiro atoms. The first-order valence-electron chi connectivity index (χ1n) is 10.6. The van der Waals surface area contributed by atoms with Gasteiger partial charge in [-0.3, -0.25) is 0 Å². The molecule has 2 aromatic heterocycles. The van der Waals surface area contributed by atoms with Gasteiger partial charge in [0.05, 0.1) is 11.9 Å². The maximum absolute atomic E-state index is 5.84. The Morgan fingerprint density at radius 3 is 2.83 bits per heavy atom. The van der Waals surface area contributed by atoms with Crippen molar-refractivity contribution in [1.82, 2.24) is 14.9 Å². The van der Waals surface area contributed by atoms with Gasteiger partial charge in [0.2, 0.25) is 5.88 Å². The fraction of sp³-hybridized carbons (Fsp3) is 0.458. The average Bonchev–Trinajstić information content (AvgIpc) is 3.08. The Balaban J connectivity index is 1.35. The average molecular weight is 391 g/mol. The molecule has 0 bridgehead atoms. The van der Waals surface area contributed by atoms with Gasteiger partial charge < -0.3 is 19.9 Å². The van der Waals surface area contributed by atoms with Crippen LogP contribution in [0.5, 0.6) is 5.88 Å². The number of aromatic amines is 1. The lowest BCUT2D eigenvalue weighted by Gasteiger charge is -2.45. The lowest BCUT2D eigenvalue weighted by atomic mass is 9.74. The molecule has 2 aliphatic rings. The minimum Gasteiger partial charge on any atom is -0.472 e. The highest BCUT2D eigenvalue weighted by molar-refractivity contribution is 5.88. The Morgan fingerprint density at radius 2 is 2.07 bits per heavy atom. The van der Waals surface area contributed by atoms with Gasteiger partial charge in [0, 0.05) is 47.7 Å². The lowest BCUT2D eigenvalue weighted by Crippen LogP contribution is -2.51. The summed E-state index contributed by atoms with van der Waals surface area (Å²) in [6, 6.07) is 11.7. The van der Waals surface area contributed by atoms with Crippen molar-refractivity contribution in [2.45, 2.75) is 57.2 Å². The number of nitrogens with one attached hydrogen (secondary N) is 2. The van der Waals surface area contributed by atoms with Crippen LogP contribution in [0, 0.1) is 0 Å². The molecule has 3 heterocycles. The fourth-order valence-corrected chi connectivity index (χ4v) is 5.12. The smallest absolute Gasteiger partial charge is 0.213 e. The van der Waals surface area contributed by atoms with Gasteiger partial charge >= 0.3 is 0 Å². The minimum absolute atomic E-state index is 0.234. The number of fused-ring (bicyclic) bond motifs is 2. The Kier molecular flexibility index (Phi) is 4.32. The second-order valence-corrected chi connectivity index (χ2v) is 9.58. The number of rotatable bonds is 3. The summed E-state index contributed by atoms with van der Waals surface area (Å²) in [6.07, 6.45) is 6.36. The molecule has 0 amide bonds. The molecule has 1 aliphatic heterocycles. The van der Waals surface area contributed by atoms with Gasteiger partial charge in [-0.05, 0) is 63.9 Å². The highest BCUT2D eigenvalue weighted by Crippen LogP contribution is 2.43. The zero-order valence-electron chi connectivity index (χ0n) is 17.7. The molecule has 1 fully saturated rings. The molecule has 5 rings (SSSR count). The SMILES string of the molecule is CN1C[C@H](Nc2ccc(OC(C)(C)C)nc2)CC2c3cccc4[nH]cc(c34)C[C@H]21. The van der Waals surface area contributed by atoms with Crippen LogP contribution in [-0.4, -0.2) is 46.1 Å². The van der Waals surface area contributed by atoms with E-state index in [1.807, 2.05) is 33.0 Å². The third kappa shape index (κ3) is 3.48. The summed E-state index contributed by atoms with van der Waals surface area (Å²) in [5.41, 5.74) is 5.06. The summed E-state index contributed by atoms with van der Waals surface area (Å²) < 4.78 is 5.84. The molecule has 1 aliphatic carbocycles. The van der Waals surface area contributed by atoms with Crippen molar-refractivity contribution in [2.24, 2.45) is 0 Å². The van der Waals surface area contributed by atoms with Gasteiger partial charge in [0.25, 0.3) is 0 Å². The van der Waals surface area contributed by atoms with Crippen LogP contribution in [-0.2, 0) is 6.42 Å². The van der Waals surface area contributed by atoms with Crippen molar-refractivity contribution in [1.29, 1.82) is 0 Å². The molecular formula is C24H30N4O. The predicted molar refractivity (Wildman–Crippen MR) is 118 cm³/mol. The Hall–Kier alpha value is -2.53.